The molecule has 0 amide bonds. The number of esters is 1. The summed E-state index contributed by atoms with van der Waals surface area (Å²) in [5.41, 5.74) is -0.154. The average molecular weight is 393 g/mol. The van der Waals surface area contributed by atoms with Gasteiger partial charge in [-0.05, 0) is 18.6 Å². The summed E-state index contributed by atoms with van der Waals surface area (Å²) in [6.45, 7) is 1.67. The summed E-state index contributed by atoms with van der Waals surface area (Å²) in [4.78, 5) is 28.9. The molecule has 0 spiro atoms. The van der Waals surface area contributed by atoms with E-state index in [9.17, 15) is 18.0 Å². The molecule has 0 unspecified atom stereocenters. The second-order valence-electron chi connectivity index (χ2n) is 5.47. The van der Waals surface area contributed by atoms with Crippen LogP contribution in [0.4, 0.5) is 0 Å². The number of sulfone groups is 1. The number of carbonyl (C=O) groups excluding carboxylic acids is 1. The van der Waals surface area contributed by atoms with Gasteiger partial charge in [-0.2, -0.15) is 9.61 Å². The van der Waals surface area contributed by atoms with Crippen molar-refractivity contribution in [2.45, 2.75) is 24.8 Å². The lowest BCUT2D eigenvalue weighted by Crippen LogP contribution is -2.17. The monoisotopic (exact) mass is 393 g/mol. The van der Waals surface area contributed by atoms with Crippen LogP contribution in [0, 0.1) is 0 Å². The van der Waals surface area contributed by atoms with Crippen LogP contribution >= 0.6 is 11.3 Å². The Hall–Kier alpha value is -2.59. The third kappa shape index (κ3) is 3.65. The molecule has 0 saturated heterocycles. The van der Waals surface area contributed by atoms with Crippen LogP contribution in [-0.2, 0) is 27.6 Å². The van der Waals surface area contributed by atoms with Crippen molar-refractivity contribution in [3.05, 3.63) is 57.0 Å². The summed E-state index contributed by atoms with van der Waals surface area (Å²) in [7, 11) is -3.57. The molecule has 0 aliphatic rings. The third-order valence-electron chi connectivity index (χ3n) is 3.50. The molecule has 0 atom stereocenters. The first-order valence-electron chi connectivity index (χ1n) is 7.64. The smallest absolute Gasteiger partial charge is 0.339 e. The normalized spacial score (nSPS) is 11.6. The largest absolute Gasteiger partial charge is 0.456 e. The summed E-state index contributed by atoms with van der Waals surface area (Å²) in [5, 5.41) is 4.91. The fourth-order valence-corrected chi connectivity index (χ4v) is 4.02. The zero-order valence-corrected chi connectivity index (χ0v) is 15.6. The van der Waals surface area contributed by atoms with E-state index in [1.807, 2.05) is 6.92 Å². The summed E-state index contributed by atoms with van der Waals surface area (Å²) < 4.78 is 29.9. The van der Waals surface area contributed by atoms with Crippen molar-refractivity contribution in [2.75, 3.05) is 6.26 Å². The molecule has 136 valence electrons. The van der Waals surface area contributed by atoms with Gasteiger partial charge in [0.25, 0.3) is 5.56 Å². The Labute approximate surface area is 153 Å². The molecule has 0 aliphatic carbocycles. The van der Waals surface area contributed by atoms with E-state index >= 15 is 0 Å². The van der Waals surface area contributed by atoms with Crippen LogP contribution in [0.3, 0.4) is 0 Å². The van der Waals surface area contributed by atoms with Gasteiger partial charge in [-0.15, -0.1) is 0 Å². The summed E-state index contributed by atoms with van der Waals surface area (Å²) in [6, 6.07) is 7.03. The number of hydrogen-bond donors (Lipinski definition) is 0. The molecular weight excluding hydrogens is 378 g/mol. The van der Waals surface area contributed by atoms with Crippen molar-refractivity contribution >= 4 is 32.1 Å². The maximum absolute atomic E-state index is 12.3. The molecule has 0 radical (unpaired) electrons. The lowest BCUT2D eigenvalue weighted by molar-refractivity contribution is 0.0463. The van der Waals surface area contributed by atoms with Gasteiger partial charge in [0.15, 0.2) is 9.84 Å². The number of hydrogen-bond acceptors (Lipinski definition) is 8. The van der Waals surface area contributed by atoms with Gasteiger partial charge in [0.1, 0.15) is 11.6 Å². The average Bonchev–Trinajstić information content (AvgIpc) is 3.03. The maximum atomic E-state index is 12.3. The molecule has 0 aliphatic heterocycles. The summed E-state index contributed by atoms with van der Waals surface area (Å²) >= 11 is 1.28. The Kier molecular flexibility index (Phi) is 4.88. The van der Waals surface area contributed by atoms with Crippen LogP contribution in [0.5, 0.6) is 0 Å². The number of aryl methyl sites for hydroxylation is 1. The molecule has 2 heterocycles. The first kappa shape index (κ1) is 18.2. The van der Waals surface area contributed by atoms with E-state index in [-0.39, 0.29) is 28.3 Å². The molecular formula is C16H15N3O5S2. The zero-order chi connectivity index (χ0) is 18.9. The number of fused-ring (bicyclic) bond motifs is 1. The molecule has 3 rings (SSSR count). The Morgan fingerprint density at radius 3 is 2.73 bits per heavy atom. The first-order valence-corrected chi connectivity index (χ1v) is 10.3. The Morgan fingerprint density at radius 1 is 1.31 bits per heavy atom. The van der Waals surface area contributed by atoms with Gasteiger partial charge in [-0.3, -0.25) is 4.79 Å². The summed E-state index contributed by atoms with van der Waals surface area (Å²) in [5.74, 6) is -0.799. The van der Waals surface area contributed by atoms with E-state index in [2.05, 4.69) is 10.1 Å². The number of nitrogens with zero attached hydrogens (tertiary/aromatic N) is 3. The Bertz CT molecular complexity index is 1150. The second-order valence-corrected chi connectivity index (χ2v) is 8.50. The van der Waals surface area contributed by atoms with Gasteiger partial charge >= 0.3 is 5.97 Å². The number of benzene rings is 1. The van der Waals surface area contributed by atoms with Crippen molar-refractivity contribution in [1.82, 2.24) is 14.6 Å². The fourth-order valence-electron chi connectivity index (χ4n) is 2.29. The minimum Gasteiger partial charge on any atom is -0.456 e. The molecule has 3 aromatic rings. The van der Waals surface area contributed by atoms with Crippen molar-refractivity contribution in [1.29, 1.82) is 0 Å². The van der Waals surface area contributed by atoms with Crippen molar-refractivity contribution < 1.29 is 17.9 Å². The molecule has 26 heavy (non-hydrogen) atoms. The number of rotatable bonds is 5. The zero-order valence-electron chi connectivity index (χ0n) is 14.0. The van der Waals surface area contributed by atoms with Gasteiger partial charge in [0.2, 0.25) is 4.96 Å². The Morgan fingerprint density at radius 2 is 2.04 bits per heavy atom. The second kappa shape index (κ2) is 6.96. The molecule has 1 aromatic carbocycles. The highest BCUT2D eigenvalue weighted by molar-refractivity contribution is 7.90. The predicted octanol–water partition coefficient (Wildman–Crippen LogP) is 1.47. The van der Waals surface area contributed by atoms with Crippen LogP contribution < -0.4 is 5.56 Å². The molecule has 0 fully saturated rings. The van der Waals surface area contributed by atoms with E-state index in [1.54, 1.807) is 6.07 Å². The highest BCUT2D eigenvalue weighted by Crippen LogP contribution is 2.17. The van der Waals surface area contributed by atoms with Crippen LogP contribution in [0.2, 0.25) is 0 Å². The third-order valence-corrected chi connectivity index (χ3v) is 5.71. The molecule has 0 saturated carbocycles. The molecule has 10 heteroatoms. The van der Waals surface area contributed by atoms with Crippen LogP contribution in [-0.4, -0.2) is 35.2 Å². The number of ether oxygens (including phenoxy) is 1. The van der Waals surface area contributed by atoms with E-state index < -0.39 is 15.8 Å². The van der Waals surface area contributed by atoms with Gasteiger partial charge in [-0.25, -0.2) is 18.2 Å². The van der Waals surface area contributed by atoms with E-state index in [0.29, 0.717) is 11.4 Å². The minimum absolute atomic E-state index is 0.0566. The number of carbonyl (C=O) groups is 1. The van der Waals surface area contributed by atoms with E-state index in [4.69, 9.17) is 4.74 Å². The SMILES string of the molecule is CCc1nn2c(=O)cc(COC(=O)c3ccccc3S(C)(=O)=O)nc2s1. The first-order chi connectivity index (χ1) is 12.3. The van der Waals surface area contributed by atoms with Gasteiger partial charge in [0.05, 0.1) is 16.2 Å². The van der Waals surface area contributed by atoms with Crippen LogP contribution in [0.1, 0.15) is 28.0 Å². The van der Waals surface area contributed by atoms with Crippen LogP contribution in [0.25, 0.3) is 4.96 Å². The minimum atomic E-state index is -3.57. The topological polar surface area (TPSA) is 108 Å². The maximum Gasteiger partial charge on any atom is 0.339 e. The van der Waals surface area contributed by atoms with Crippen LogP contribution in [0.15, 0.2) is 40.0 Å². The van der Waals surface area contributed by atoms with Gasteiger partial charge in [-0.1, -0.05) is 30.4 Å². The molecule has 0 N–H and O–H groups in total. The quantitative estimate of drug-likeness (QED) is 0.604. The van der Waals surface area contributed by atoms with Gasteiger partial charge < -0.3 is 4.74 Å². The fraction of sp³-hybridized carbons (Fsp3) is 0.250. The Balaban J connectivity index is 1.85. The number of aromatic nitrogens is 3. The molecule has 8 nitrogen and oxygen atoms in total. The van der Waals surface area contributed by atoms with Gasteiger partial charge in [0, 0.05) is 12.3 Å². The van der Waals surface area contributed by atoms with Crippen molar-refractivity contribution in [3.63, 3.8) is 0 Å². The molecule has 2 aromatic heterocycles. The standard InChI is InChI=1S/C16H15N3O5S2/c1-3-13-18-19-14(20)8-10(17-16(19)25-13)9-24-15(21)11-6-4-5-7-12(11)26(2,22)23/h4-8H,3,9H2,1-2H3. The lowest BCUT2D eigenvalue weighted by Gasteiger charge is -2.08. The van der Waals surface area contributed by atoms with E-state index in [1.165, 1.54) is 40.1 Å². The lowest BCUT2D eigenvalue weighted by atomic mass is 10.2. The highest BCUT2D eigenvalue weighted by Gasteiger charge is 2.19. The molecule has 0 bridgehead atoms. The summed E-state index contributed by atoms with van der Waals surface area (Å²) in [6.07, 6.45) is 1.70. The predicted molar refractivity (Wildman–Crippen MR) is 95.2 cm³/mol. The van der Waals surface area contributed by atoms with E-state index in [0.717, 1.165) is 11.3 Å². The highest BCUT2D eigenvalue weighted by atomic mass is 32.2. The van der Waals surface area contributed by atoms with Crippen molar-refractivity contribution in [2.24, 2.45) is 0 Å². The van der Waals surface area contributed by atoms with Crippen molar-refractivity contribution in [3.8, 4) is 0 Å².